The molecule has 0 aliphatic carbocycles. The molecule has 0 saturated carbocycles. The monoisotopic (exact) mass is 312 g/mol. The highest BCUT2D eigenvalue weighted by molar-refractivity contribution is 5.92. The third-order valence-electron chi connectivity index (χ3n) is 3.36. The number of aliphatic hydroxyl groups excluding tert-OH is 3. The van der Waals surface area contributed by atoms with E-state index in [-0.39, 0.29) is 24.3 Å². The number of esters is 1. The summed E-state index contributed by atoms with van der Waals surface area (Å²) in [5.74, 6) is -0.264. The maximum Gasteiger partial charge on any atom is 0.341 e. The number of carbonyl (C=O) groups is 1. The Balaban J connectivity index is 2.12. The van der Waals surface area contributed by atoms with Crippen molar-refractivity contribution >= 4 is 5.97 Å². The molecule has 1 heterocycles. The number of rotatable bonds is 5. The van der Waals surface area contributed by atoms with Gasteiger partial charge >= 0.3 is 5.97 Å². The largest absolute Gasteiger partial charge is 0.464 e. The Morgan fingerprint density at radius 2 is 2.09 bits per heavy atom. The minimum absolute atomic E-state index is 0.0226. The van der Waals surface area contributed by atoms with Crippen molar-refractivity contribution in [1.29, 1.82) is 0 Å². The van der Waals surface area contributed by atoms with Crippen LogP contribution in [0.25, 0.3) is 0 Å². The molecular weight excluding hydrogens is 292 g/mol. The first-order chi connectivity index (χ1) is 10.6. The highest BCUT2D eigenvalue weighted by atomic mass is 16.7. The second-order valence-electron chi connectivity index (χ2n) is 4.91. The van der Waals surface area contributed by atoms with Gasteiger partial charge in [0.2, 0.25) is 6.29 Å². The van der Waals surface area contributed by atoms with E-state index in [0.29, 0.717) is 0 Å². The molecule has 1 aliphatic rings. The summed E-state index contributed by atoms with van der Waals surface area (Å²) in [5.41, 5.74) is 0.245. The van der Waals surface area contributed by atoms with Gasteiger partial charge in [0.25, 0.3) is 0 Å². The normalized spacial score (nSPS) is 28.2. The van der Waals surface area contributed by atoms with Crippen LogP contribution in [0.3, 0.4) is 0 Å². The SMILES string of the molecule is CCOC(=O)c1ccccc1OC1CC(O)C(O)C(CO)O1. The lowest BCUT2D eigenvalue weighted by molar-refractivity contribution is -0.230. The molecule has 1 aliphatic heterocycles. The van der Waals surface area contributed by atoms with Crippen LogP contribution in [0.2, 0.25) is 0 Å². The van der Waals surface area contributed by atoms with Crippen LogP contribution in [0.15, 0.2) is 24.3 Å². The van der Waals surface area contributed by atoms with Crippen LogP contribution >= 0.6 is 0 Å². The topological polar surface area (TPSA) is 105 Å². The van der Waals surface area contributed by atoms with Gasteiger partial charge in [0.15, 0.2) is 0 Å². The zero-order chi connectivity index (χ0) is 16.1. The zero-order valence-electron chi connectivity index (χ0n) is 12.2. The quantitative estimate of drug-likeness (QED) is 0.661. The summed E-state index contributed by atoms with van der Waals surface area (Å²) in [7, 11) is 0. The number of aliphatic hydroxyl groups is 3. The van der Waals surface area contributed by atoms with Crippen molar-refractivity contribution in [2.75, 3.05) is 13.2 Å². The molecule has 0 bridgehead atoms. The first-order valence-electron chi connectivity index (χ1n) is 7.12. The summed E-state index contributed by atoms with van der Waals surface area (Å²) in [6, 6.07) is 6.51. The van der Waals surface area contributed by atoms with Crippen molar-refractivity contribution in [3.63, 3.8) is 0 Å². The number of hydrogen-bond donors (Lipinski definition) is 3. The molecule has 0 radical (unpaired) electrons. The fraction of sp³-hybridized carbons (Fsp3) is 0.533. The van der Waals surface area contributed by atoms with Crippen molar-refractivity contribution in [3.05, 3.63) is 29.8 Å². The van der Waals surface area contributed by atoms with Crippen molar-refractivity contribution in [2.45, 2.75) is 37.9 Å². The molecule has 1 saturated heterocycles. The van der Waals surface area contributed by atoms with E-state index in [1.807, 2.05) is 0 Å². The van der Waals surface area contributed by atoms with Gasteiger partial charge in [-0.2, -0.15) is 0 Å². The summed E-state index contributed by atoms with van der Waals surface area (Å²) >= 11 is 0. The Bertz CT molecular complexity index is 504. The van der Waals surface area contributed by atoms with E-state index in [2.05, 4.69) is 0 Å². The van der Waals surface area contributed by atoms with Crippen LogP contribution < -0.4 is 4.74 Å². The lowest BCUT2D eigenvalue weighted by atomic mass is 10.0. The molecule has 4 atom stereocenters. The average Bonchev–Trinajstić information content (AvgIpc) is 2.51. The Hall–Kier alpha value is -1.67. The summed E-state index contributed by atoms with van der Waals surface area (Å²) in [6.45, 7) is 1.50. The van der Waals surface area contributed by atoms with Gasteiger partial charge in [-0.1, -0.05) is 12.1 Å². The molecule has 122 valence electrons. The van der Waals surface area contributed by atoms with Gasteiger partial charge in [0.05, 0.1) is 19.3 Å². The van der Waals surface area contributed by atoms with Gasteiger partial charge < -0.3 is 29.5 Å². The molecular formula is C15H20O7. The first-order valence-corrected chi connectivity index (χ1v) is 7.12. The van der Waals surface area contributed by atoms with Crippen LogP contribution in [-0.2, 0) is 9.47 Å². The van der Waals surface area contributed by atoms with Gasteiger partial charge in [0.1, 0.15) is 23.5 Å². The van der Waals surface area contributed by atoms with E-state index in [0.717, 1.165) is 0 Å². The van der Waals surface area contributed by atoms with Gasteiger partial charge in [-0.05, 0) is 19.1 Å². The molecule has 2 rings (SSSR count). The van der Waals surface area contributed by atoms with E-state index in [1.165, 1.54) is 0 Å². The Morgan fingerprint density at radius 3 is 2.77 bits per heavy atom. The molecule has 1 aromatic rings. The van der Waals surface area contributed by atoms with Crippen LogP contribution in [0.4, 0.5) is 0 Å². The Morgan fingerprint density at radius 1 is 1.36 bits per heavy atom. The highest BCUT2D eigenvalue weighted by Gasteiger charge is 2.37. The molecule has 0 amide bonds. The maximum atomic E-state index is 11.9. The summed E-state index contributed by atoms with van der Waals surface area (Å²) < 4.78 is 15.9. The first kappa shape index (κ1) is 16.7. The van der Waals surface area contributed by atoms with Gasteiger partial charge in [-0.15, -0.1) is 0 Å². The van der Waals surface area contributed by atoms with Crippen molar-refractivity contribution in [1.82, 2.24) is 0 Å². The average molecular weight is 312 g/mol. The predicted molar refractivity (Wildman–Crippen MR) is 75.4 cm³/mol. The van der Waals surface area contributed by atoms with Crippen LogP contribution in [-0.4, -0.2) is 59.1 Å². The summed E-state index contributed by atoms with van der Waals surface area (Å²) in [5, 5.41) is 28.6. The number of ether oxygens (including phenoxy) is 3. The van der Waals surface area contributed by atoms with Crippen molar-refractivity contribution in [3.8, 4) is 5.75 Å². The van der Waals surface area contributed by atoms with E-state index >= 15 is 0 Å². The smallest absolute Gasteiger partial charge is 0.341 e. The molecule has 22 heavy (non-hydrogen) atoms. The Labute approximate surface area is 128 Å². The molecule has 1 aromatic carbocycles. The van der Waals surface area contributed by atoms with Crippen LogP contribution in [0.1, 0.15) is 23.7 Å². The standard InChI is InChI=1S/C15H20O7/c1-2-20-15(19)9-5-3-4-6-11(9)21-13-7-10(17)14(18)12(8-16)22-13/h3-6,10,12-14,16-18H,2,7-8H2,1H3. The maximum absolute atomic E-state index is 11.9. The fourth-order valence-corrected chi connectivity index (χ4v) is 2.23. The molecule has 7 heteroatoms. The molecule has 1 fully saturated rings. The van der Waals surface area contributed by atoms with E-state index < -0.39 is 37.2 Å². The predicted octanol–water partition coefficient (Wildman–Crippen LogP) is 0.0712. The van der Waals surface area contributed by atoms with Gasteiger partial charge in [0, 0.05) is 6.42 Å². The zero-order valence-corrected chi connectivity index (χ0v) is 12.2. The number of carbonyl (C=O) groups excluding carboxylic acids is 1. The summed E-state index contributed by atoms with van der Waals surface area (Å²) in [6.07, 6.45) is -4.06. The third kappa shape index (κ3) is 3.75. The number of para-hydroxylation sites is 1. The van der Waals surface area contributed by atoms with Crippen LogP contribution in [0, 0.1) is 0 Å². The summed E-state index contributed by atoms with van der Waals surface area (Å²) in [4.78, 5) is 11.9. The van der Waals surface area contributed by atoms with E-state index in [9.17, 15) is 15.0 Å². The number of benzene rings is 1. The van der Waals surface area contributed by atoms with Gasteiger partial charge in [-0.25, -0.2) is 4.79 Å². The van der Waals surface area contributed by atoms with Crippen molar-refractivity contribution in [2.24, 2.45) is 0 Å². The minimum Gasteiger partial charge on any atom is -0.464 e. The Kier molecular flexibility index (Phi) is 5.73. The lowest BCUT2D eigenvalue weighted by Gasteiger charge is -2.36. The second kappa shape index (κ2) is 7.55. The second-order valence-corrected chi connectivity index (χ2v) is 4.91. The minimum atomic E-state index is -1.18. The molecule has 0 aromatic heterocycles. The van der Waals surface area contributed by atoms with E-state index in [1.54, 1.807) is 31.2 Å². The molecule has 4 unspecified atom stereocenters. The highest BCUT2D eigenvalue weighted by Crippen LogP contribution is 2.26. The molecule has 0 spiro atoms. The van der Waals surface area contributed by atoms with E-state index in [4.69, 9.17) is 19.3 Å². The van der Waals surface area contributed by atoms with Crippen molar-refractivity contribution < 1.29 is 34.3 Å². The fourth-order valence-electron chi connectivity index (χ4n) is 2.23. The number of hydrogen-bond acceptors (Lipinski definition) is 7. The van der Waals surface area contributed by atoms with Crippen LogP contribution in [0.5, 0.6) is 5.75 Å². The third-order valence-corrected chi connectivity index (χ3v) is 3.36. The lowest BCUT2D eigenvalue weighted by Crippen LogP contribution is -2.51. The van der Waals surface area contributed by atoms with Gasteiger partial charge in [-0.3, -0.25) is 0 Å². The molecule has 3 N–H and O–H groups in total. The molecule has 7 nitrogen and oxygen atoms in total.